The monoisotopic (exact) mass is 417 g/mol. The Kier molecular flexibility index (Phi) is 6.05. The maximum absolute atomic E-state index is 13.3. The Hall–Kier alpha value is -0.450. The fourth-order valence-corrected chi connectivity index (χ4v) is 9.36. The van der Waals surface area contributed by atoms with Crippen LogP contribution in [0.15, 0.2) is 0 Å². The van der Waals surface area contributed by atoms with Crippen molar-refractivity contribution in [3.05, 3.63) is 0 Å². The number of aliphatic hydroxyl groups is 2. The van der Waals surface area contributed by atoms with Gasteiger partial charge in [-0.25, -0.2) is 0 Å². The van der Waals surface area contributed by atoms with E-state index in [1.165, 1.54) is 51.4 Å². The number of aliphatic hydroxyl groups excluding tert-OH is 2. The van der Waals surface area contributed by atoms with Crippen molar-refractivity contribution >= 4 is 5.78 Å². The van der Waals surface area contributed by atoms with E-state index >= 15 is 0 Å². The van der Waals surface area contributed by atoms with Crippen LogP contribution < -0.4 is 0 Å². The number of Topliss-reactive ketones (excluding diaryl/α,β-unsaturated/α-hetero) is 1. The summed E-state index contributed by atoms with van der Waals surface area (Å²) in [7, 11) is 0. The van der Waals surface area contributed by atoms with Gasteiger partial charge in [0.05, 0.1) is 12.6 Å². The van der Waals surface area contributed by atoms with Gasteiger partial charge in [0.15, 0.2) is 0 Å². The summed E-state index contributed by atoms with van der Waals surface area (Å²) in [6.07, 6.45) is 13.4. The van der Waals surface area contributed by atoms with Crippen LogP contribution in [0.5, 0.6) is 0 Å². The average molecular weight is 418 g/mol. The molecule has 0 aromatic carbocycles. The second-order valence-corrected chi connectivity index (χ2v) is 11.9. The van der Waals surface area contributed by atoms with Crippen LogP contribution in [-0.2, 0) is 4.79 Å². The molecule has 1 heterocycles. The molecule has 170 valence electrons. The van der Waals surface area contributed by atoms with Gasteiger partial charge in [0, 0.05) is 25.6 Å². The molecule has 0 aromatic rings. The number of likely N-dealkylation sites (tertiary alicyclic amines) is 1. The van der Waals surface area contributed by atoms with Crippen LogP contribution >= 0.6 is 0 Å². The van der Waals surface area contributed by atoms with Gasteiger partial charge in [-0.1, -0.05) is 19.8 Å². The van der Waals surface area contributed by atoms with E-state index in [9.17, 15) is 15.0 Å². The first-order valence-electron chi connectivity index (χ1n) is 13.0. The third-order valence-electron chi connectivity index (χ3n) is 10.7. The third-order valence-corrected chi connectivity index (χ3v) is 10.7. The van der Waals surface area contributed by atoms with E-state index in [2.05, 4.69) is 11.8 Å². The zero-order valence-corrected chi connectivity index (χ0v) is 19.0. The van der Waals surface area contributed by atoms with Crippen LogP contribution in [0.4, 0.5) is 0 Å². The molecule has 0 aromatic heterocycles. The first kappa shape index (κ1) is 21.4. The number of ketones is 1. The first-order chi connectivity index (χ1) is 14.5. The van der Waals surface area contributed by atoms with E-state index in [1.54, 1.807) is 0 Å². The highest BCUT2D eigenvalue weighted by molar-refractivity contribution is 5.84. The Bertz CT molecular complexity index is 636. The van der Waals surface area contributed by atoms with E-state index in [4.69, 9.17) is 0 Å². The number of hydrogen-bond acceptors (Lipinski definition) is 4. The van der Waals surface area contributed by atoms with Gasteiger partial charge in [0.2, 0.25) is 0 Å². The maximum atomic E-state index is 13.3. The van der Waals surface area contributed by atoms with Crippen molar-refractivity contribution in [1.29, 1.82) is 0 Å². The molecule has 4 aliphatic carbocycles. The summed E-state index contributed by atoms with van der Waals surface area (Å²) in [5, 5.41) is 19.4. The van der Waals surface area contributed by atoms with Crippen molar-refractivity contribution < 1.29 is 15.0 Å². The number of β-amino-alcohol motifs (C(OH)–C–C–N with tert-alkyl or cyclic N) is 1. The molecule has 9 atom stereocenters. The average Bonchev–Trinajstić information content (AvgIpc) is 3.30. The minimum atomic E-state index is -0.236. The Morgan fingerprint density at radius 1 is 0.967 bits per heavy atom. The van der Waals surface area contributed by atoms with Gasteiger partial charge in [-0.15, -0.1) is 0 Å². The van der Waals surface area contributed by atoms with E-state index < -0.39 is 0 Å². The molecule has 2 unspecified atom stereocenters. The van der Waals surface area contributed by atoms with Gasteiger partial charge >= 0.3 is 0 Å². The Labute approximate surface area is 182 Å². The molecule has 0 radical (unpaired) electrons. The van der Waals surface area contributed by atoms with Gasteiger partial charge in [-0.2, -0.15) is 0 Å². The third kappa shape index (κ3) is 3.59. The number of carbonyl (C=O) groups is 1. The van der Waals surface area contributed by atoms with E-state index in [0.717, 1.165) is 61.3 Å². The number of rotatable bonds is 5. The van der Waals surface area contributed by atoms with Gasteiger partial charge in [0.1, 0.15) is 5.78 Å². The van der Waals surface area contributed by atoms with Crippen LogP contribution in [0, 0.1) is 46.8 Å². The summed E-state index contributed by atoms with van der Waals surface area (Å²) in [5.41, 5.74) is 0.211. The molecule has 1 aliphatic heterocycles. The lowest BCUT2D eigenvalue weighted by Crippen LogP contribution is -2.50. The summed E-state index contributed by atoms with van der Waals surface area (Å²) in [6, 6.07) is 0. The highest BCUT2D eigenvalue weighted by atomic mass is 16.3. The minimum absolute atomic E-state index is 0.211. The van der Waals surface area contributed by atoms with Crippen LogP contribution in [0.3, 0.4) is 0 Å². The van der Waals surface area contributed by atoms with E-state index in [-0.39, 0.29) is 17.4 Å². The Morgan fingerprint density at radius 3 is 2.53 bits per heavy atom. The predicted molar refractivity (Wildman–Crippen MR) is 118 cm³/mol. The van der Waals surface area contributed by atoms with Crippen molar-refractivity contribution in [3.8, 4) is 0 Å². The predicted octanol–water partition coefficient (Wildman–Crippen LogP) is 3.89. The lowest BCUT2D eigenvalue weighted by molar-refractivity contribution is -0.131. The molecule has 4 heteroatoms. The summed E-state index contributed by atoms with van der Waals surface area (Å²) in [4.78, 5) is 15.5. The summed E-state index contributed by atoms with van der Waals surface area (Å²) < 4.78 is 0. The molecule has 4 saturated carbocycles. The Balaban J connectivity index is 1.28. The van der Waals surface area contributed by atoms with Crippen LogP contribution in [0.25, 0.3) is 0 Å². The van der Waals surface area contributed by atoms with Gasteiger partial charge in [-0.3, -0.25) is 9.69 Å². The fraction of sp³-hybridized carbons (Fsp3) is 0.962. The topological polar surface area (TPSA) is 60.8 Å². The quantitative estimate of drug-likeness (QED) is 0.712. The molecular weight excluding hydrogens is 374 g/mol. The smallest absolute Gasteiger partial charge is 0.150 e. The number of nitrogens with zero attached hydrogens (tertiary/aromatic N) is 1. The lowest BCUT2D eigenvalue weighted by Gasteiger charge is -2.57. The second kappa shape index (κ2) is 8.48. The maximum Gasteiger partial charge on any atom is 0.150 e. The fourth-order valence-electron chi connectivity index (χ4n) is 9.36. The highest BCUT2D eigenvalue weighted by Gasteiger charge is 2.58. The number of carbonyl (C=O) groups excluding carboxylic acids is 1. The standard InChI is InChI=1S/C26H43NO3/c1-26-12-9-21-20-4-2-3-17(11-14-28)19(20)5-6-22(21)23(26)7-8-24(26)25(30)16-27-13-10-18(29)15-27/h17-24,28-29H,2-16H2,1H3/t17?,18?,19-,20-,21+,22+,23-,24+,26-/m0/s1. The van der Waals surface area contributed by atoms with Crippen molar-refractivity contribution in [3.63, 3.8) is 0 Å². The van der Waals surface area contributed by atoms with Crippen LogP contribution in [0.2, 0.25) is 0 Å². The summed E-state index contributed by atoms with van der Waals surface area (Å²) >= 11 is 0. The van der Waals surface area contributed by atoms with Crippen molar-refractivity contribution in [2.45, 2.75) is 83.7 Å². The number of fused-ring (bicyclic) bond motifs is 5. The van der Waals surface area contributed by atoms with Gasteiger partial charge in [0.25, 0.3) is 0 Å². The first-order valence-corrected chi connectivity index (χ1v) is 13.0. The van der Waals surface area contributed by atoms with Gasteiger partial charge < -0.3 is 10.2 Å². The molecule has 0 spiro atoms. The zero-order chi connectivity index (χ0) is 20.9. The molecule has 1 saturated heterocycles. The van der Waals surface area contributed by atoms with E-state index in [0.29, 0.717) is 25.5 Å². The lowest BCUT2D eigenvalue weighted by atomic mass is 9.48. The van der Waals surface area contributed by atoms with Crippen molar-refractivity contribution in [1.82, 2.24) is 4.90 Å². The van der Waals surface area contributed by atoms with Crippen molar-refractivity contribution in [2.24, 2.45) is 46.8 Å². The molecule has 5 rings (SSSR count). The molecule has 0 amide bonds. The second-order valence-electron chi connectivity index (χ2n) is 11.9. The molecule has 5 aliphatic rings. The molecule has 5 fully saturated rings. The molecular formula is C26H43NO3. The summed E-state index contributed by atoms with van der Waals surface area (Å²) in [5.74, 6) is 5.67. The molecule has 2 N–H and O–H groups in total. The molecule has 4 nitrogen and oxygen atoms in total. The van der Waals surface area contributed by atoms with Crippen molar-refractivity contribution in [2.75, 3.05) is 26.2 Å². The largest absolute Gasteiger partial charge is 0.396 e. The minimum Gasteiger partial charge on any atom is -0.396 e. The normalized spacial score (nSPS) is 48.8. The highest BCUT2D eigenvalue weighted by Crippen LogP contribution is 2.64. The Morgan fingerprint density at radius 2 is 1.77 bits per heavy atom. The molecule has 0 bridgehead atoms. The van der Waals surface area contributed by atoms with E-state index in [1.807, 2.05) is 0 Å². The van der Waals surface area contributed by atoms with Gasteiger partial charge in [-0.05, 0) is 98.7 Å². The SMILES string of the molecule is C[C@]12CC[C@@H]3[C@H]4CCCC(CCO)[C@@H]4CC[C@H]3[C@@H]1CC[C@@H]2C(=O)CN1CCC(O)C1. The van der Waals surface area contributed by atoms with Crippen LogP contribution in [0.1, 0.15) is 77.6 Å². The molecule has 30 heavy (non-hydrogen) atoms. The van der Waals surface area contributed by atoms with Crippen LogP contribution in [-0.4, -0.2) is 53.2 Å². The number of hydrogen-bond donors (Lipinski definition) is 2. The summed E-state index contributed by atoms with van der Waals surface area (Å²) in [6.45, 7) is 4.94. The zero-order valence-electron chi connectivity index (χ0n) is 19.0.